The van der Waals surface area contributed by atoms with Gasteiger partial charge in [0.25, 0.3) is 0 Å². The molecule has 2 fully saturated rings. The molecule has 2 aliphatic rings. The van der Waals surface area contributed by atoms with Crippen LogP contribution in [0.3, 0.4) is 0 Å². The minimum Gasteiger partial charge on any atom is -0.462 e. The van der Waals surface area contributed by atoms with Crippen molar-refractivity contribution >= 4 is 43.5 Å². The third kappa shape index (κ3) is 55.6. The Morgan fingerprint density at radius 1 is 0.383 bits per heavy atom. The molecule has 0 aromatic carbocycles. The monoisotopic (exact) mass is 1650 g/mol. The molecule has 0 aliphatic carbocycles. The van der Waals surface area contributed by atoms with Gasteiger partial charge in [-0.3, -0.25) is 38.2 Å². The maximum absolute atomic E-state index is 16.6. The Morgan fingerprint density at radius 3 is 0.896 bits per heavy atom. The Hall–Kier alpha value is -3.03. The van der Waals surface area contributed by atoms with Crippen molar-refractivity contribution < 1.29 is 81.5 Å². The van der Waals surface area contributed by atoms with Gasteiger partial charge >= 0.3 is 31.7 Å². The van der Waals surface area contributed by atoms with E-state index in [0.717, 1.165) is 198 Å². The lowest BCUT2D eigenvalue weighted by Crippen LogP contribution is -2.79. The van der Waals surface area contributed by atoms with Crippen LogP contribution in [0.1, 0.15) is 497 Å². The SMILES string of the molecule is CCCCCCCCCCCCCC(=O)O[C@H](CCCCCCCCCCC)CC(=O)O[C@H]1[C@H](OP(=O)(O)O)[C@@H](CO)O[C@@H](O)C1(CN1CCCC1)N(C(=O)C[C@@H](CCCCCCCCCCC)OC(=O)CCCCCCCCCCCCC)C(=O)C[C@@H](CCCCCCCCCCC)OC(=O)CCCCCCCCCCCCC. The number of carbonyl (C=O) groups excluding carboxylic acids is 6. The first-order valence-electron chi connectivity index (χ1n) is 49.0. The van der Waals surface area contributed by atoms with E-state index in [-0.39, 0.29) is 38.5 Å². The van der Waals surface area contributed by atoms with Crippen LogP contribution in [-0.4, -0.2) is 140 Å². The van der Waals surface area contributed by atoms with Crippen LogP contribution in [0, 0.1) is 0 Å². The maximum Gasteiger partial charge on any atom is 0.470 e. The van der Waals surface area contributed by atoms with Crippen molar-refractivity contribution in [2.75, 3.05) is 26.2 Å². The average molecular weight is 1650 g/mol. The van der Waals surface area contributed by atoms with Gasteiger partial charge < -0.3 is 48.6 Å². The first-order valence-corrected chi connectivity index (χ1v) is 50.5. The number of ether oxygens (including phenoxy) is 5. The normalized spacial score (nSPS) is 18.0. The summed E-state index contributed by atoms with van der Waals surface area (Å²) in [6.45, 7) is 12.5. The highest BCUT2D eigenvalue weighted by Crippen LogP contribution is 2.47. The predicted octanol–water partition coefficient (Wildman–Crippen LogP) is 25.0. The molecule has 2 saturated heterocycles. The van der Waals surface area contributed by atoms with E-state index < -0.39 is 124 Å². The van der Waals surface area contributed by atoms with Crippen molar-refractivity contribution in [1.82, 2.24) is 9.80 Å². The van der Waals surface area contributed by atoms with Crippen molar-refractivity contribution in [3.8, 4) is 0 Å². The van der Waals surface area contributed by atoms with Crippen molar-refractivity contribution in [2.45, 2.75) is 546 Å². The molecule has 0 radical (unpaired) electrons. The predicted molar refractivity (Wildman–Crippen MR) is 467 cm³/mol. The van der Waals surface area contributed by atoms with E-state index in [1.807, 2.05) is 4.90 Å². The molecule has 19 nitrogen and oxygen atoms in total. The van der Waals surface area contributed by atoms with Gasteiger partial charge in [-0.15, -0.1) is 0 Å². The zero-order chi connectivity index (χ0) is 83.9. The number of aliphatic hydroxyl groups is 2. The molecule has 2 heterocycles. The lowest BCUT2D eigenvalue weighted by atomic mass is 9.79. The van der Waals surface area contributed by atoms with E-state index in [0.29, 0.717) is 64.5 Å². The number of hydrogen-bond donors (Lipinski definition) is 4. The molecule has 0 spiro atoms. The fraction of sp³-hybridized carbons (Fsp3) is 0.937. The second-order valence-electron chi connectivity index (χ2n) is 34.9. The number of likely N-dealkylation sites (tertiary alicyclic amines) is 1. The highest BCUT2D eigenvalue weighted by Gasteiger charge is 2.66. The van der Waals surface area contributed by atoms with Crippen LogP contribution in [-0.2, 0) is 61.5 Å². The van der Waals surface area contributed by atoms with Crippen molar-refractivity contribution in [2.24, 2.45) is 0 Å². The van der Waals surface area contributed by atoms with Crippen LogP contribution in [0.15, 0.2) is 0 Å². The molecule has 4 N–H and O–H groups in total. The molecular formula is C95H179N2O17P. The summed E-state index contributed by atoms with van der Waals surface area (Å²) in [5, 5.41) is 24.6. The number of unbranched alkanes of at least 4 members (excludes halogenated alkanes) is 54. The summed E-state index contributed by atoms with van der Waals surface area (Å²) >= 11 is 0. The second kappa shape index (κ2) is 73.7. The lowest BCUT2D eigenvalue weighted by Gasteiger charge is -2.56. The summed E-state index contributed by atoms with van der Waals surface area (Å²) in [5.41, 5.74) is -2.62. The molecule has 676 valence electrons. The Bertz CT molecular complexity index is 2310. The minimum absolute atomic E-state index is 0.107. The first-order chi connectivity index (χ1) is 55.9. The number of phosphoric ester groups is 1. The van der Waals surface area contributed by atoms with Gasteiger partial charge in [0, 0.05) is 25.8 Å². The third-order valence-electron chi connectivity index (χ3n) is 24.1. The van der Waals surface area contributed by atoms with Gasteiger partial charge in [-0.1, -0.05) is 388 Å². The molecule has 0 aromatic rings. The minimum atomic E-state index is -5.70. The molecule has 2 aliphatic heterocycles. The van der Waals surface area contributed by atoms with Crippen molar-refractivity contribution in [1.29, 1.82) is 0 Å². The summed E-state index contributed by atoms with van der Waals surface area (Å²) in [7, 11) is -5.70. The van der Waals surface area contributed by atoms with Gasteiger partial charge in [-0.2, -0.15) is 0 Å². The lowest BCUT2D eigenvalue weighted by molar-refractivity contribution is -0.305. The standard InChI is InChI=1S/C95H179N2O17P/c1-7-13-19-25-31-37-40-46-52-58-64-72-88(101)109-82(69-61-55-49-43-34-28-22-16-10-4)77-86(99)97(87(100)78-83(70-62-56-50-44-35-29-23-17-11-5)110-89(102)73-65-59-53-47-41-38-32-26-20-14-8-2)95(81-96-75-67-68-76-96)93(92(114-115(106,107)108)85(80-98)112-94(95)105)113-91(104)79-84(71-63-57-51-45-36-30-24-18-12-6)111-90(103)74-66-60-54-48-42-39-33-27-21-15-9-3/h82-85,92-94,98,105H,7-81H2,1-6H3,(H2,106,107,108)/t82-,83-,84-,85-,92-,93+,94-,95?/m1/s1. The highest BCUT2D eigenvalue weighted by atomic mass is 31.2. The van der Waals surface area contributed by atoms with E-state index in [9.17, 15) is 38.9 Å². The topological polar surface area (TPSA) is 262 Å². The van der Waals surface area contributed by atoms with Gasteiger partial charge in [0.1, 0.15) is 30.5 Å². The summed E-state index contributed by atoms with van der Waals surface area (Å²) in [4.78, 5) is 116. The quantitative estimate of drug-likeness (QED) is 0.0191. The van der Waals surface area contributed by atoms with Gasteiger partial charge in [-0.25, -0.2) is 4.57 Å². The van der Waals surface area contributed by atoms with E-state index in [4.69, 9.17) is 28.2 Å². The Labute approximate surface area is 703 Å². The van der Waals surface area contributed by atoms with Crippen LogP contribution < -0.4 is 0 Å². The second-order valence-corrected chi connectivity index (χ2v) is 36.1. The smallest absolute Gasteiger partial charge is 0.462 e. The molecule has 2 amide bonds. The van der Waals surface area contributed by atoms with Gasteiger partial charge in [0.15, 0.2) is 17.9 Å². The number of rotatable bonds is 82. The number of imide groups is 1. The number of hydrogen-bond acceptors (Lipinski definition) is 16. The Kier molecular flexibility index (Phi) is 69.2. The van der Waals surface area contributed by atoms with Crippen LogP contribution >= 0.6 is 7.82 Å². The van der Waals surface area contributed by atoms with Crippen molar-refractivity contribution in [3.63, 3.8) is 0 Å². The molecular weight excluding hydrogens is 1470 g/mol. The first kappa shape index (κ1) is 108. The van der Waals surface area contributed by atoms with E-state index in [1.165, 1.54) is 154 Å². The van der Waals surface area contributed by atoms with E-state index in [2.05, 4.69) is 41.5 Å². The number of phosphoric acid groups is 1. The molecule has 115 heavy (non-hydrogen) atoms. The van der Waals surface area contributed by atoms with Crippen LogP contribution in [0.5, 0.6) is 0 Å². The zero-order valence-corrected chi connectivity index (χ0v) is 75.9. The number of aliphatic hydroxyl groups excluding tert-OH is 2. The number of esters is 4. The average Bonchev–Trinajstić information content (AvgIpc) is 1.48. The number of nitrogens with zero attached hydrogens (tertiary/aromatic N) is 2. The Morgan fingerprint density at radius 2 is 0.635 bits per heavy atom. The Balaban J connectivity index is 2.94. The van der Waals surface area contributed by atoms with Crippen LogP contribution in [0.2, 0.25) is 0 Å². The summed E-state index contributed by atoms with van der Waals surface area (Å²) < 4.78 is 51.3. The fourth-order valence-electron chi connectivity index (χ4n) is 17.1. The van der Waals surface area contributed by atoms with Gasteiger partial charge in [0.2, 0.25) is 11.8 Å². The summed E-state index contributed by atoms with van der Waals surface area (Å²) in [6, 6.07) is 0. The summed E-state index contributed by atoms with van der Waals surface area (Å²) in [5.74, 6) is -4.42. The van der Waals surface area contributed by atoms with Gasteiger partial charge in [-0.05, 0) is 83.7 Å². The molecule has 8 atom stereocenters. The fourth-order valence-corrected chi connectivity index (χ4v) is 17.7. The van der Waals surface area contributed by atoms with E-state index >= 15 is 14.4 Å². The number of amides is 2. The van der Waals surface area contributed by atoms with Crippen LogP contribution in [0.4, 0.5) is 0 Å². The zero-order valence-electron chi connectivity index (χ0n) is 75.0. The highest BCUT2D eigenvalue weighted by molar-refractivity contribution is 7.46. The molecule has 20 heteroatoms. The molecule has 0 bridgehead atoms. The third-order valence-corrected chi connectivity index (χ3v) is 24.6. The largest absolute Gasteiger partial charge is 0.470 e. The summed E-state index contributed by atoms with van der Waals surface area (Å²) in [6.07, 6.45) is 52.3. The van der Waals surface area contributed by atoms with Crippen LogP contribution in [0.25, 0.3) is 0 Å². The van der Waals surface area contributed by atoms with E-state index in [1.54, 1.807) is 0 Å². The molecule has 0 aromatic heterocycles. The number of carbonyl (C=O) groups is 6. The maximum atomic E-state index is 16.6. The van der Waals surface area contributed by atoms with Crippen molar-refractivity contribution in [3.05, 3.63) is 0 Å². The molecule has 0 saturated carbocycles. The van der Waals surface area contributed by atoms with Gasteiger partial charge in [0.05, 0.1) is 25.9 Å². The molecule has 1 unspecified atom stereocenters. The molecule has 2 rings (SSSR count).